The molecule has 0 aliphatic rings. The molecule has 0 atom stereocenters. The van der Waals surface area contributed by atoms with E-state index in [1.165, 1.54) is 0 Å². The second kappa shape index (κ2) is 13.9. The lowest BCUT2D eigenvalue weighted by atomic mass is 10.2. The van der Waals surface area contributed by atoms with E-state index < -0.39 is 0 Å². The highest BCUT2D eigenvalue weighted by Crippen LogP contribution is 2.28. The minimum absolute atomic E-state index is 0. The number of nitrogens with one attached hydrogen (secondary N) is 2. The lowest BCUT2D eigenvalue weighted by Gasteiger charge is -2.14. The first-order valence-corrected chi connectivity index (χ1v) is 9.74. The van der Waals surface area contributed by atoms with Crippen LogP contribution in [-0.4, -0.2) is 32.8 Å². The van der Waals surface area contributed by atoms with Crippen molar-refractivity contribution in [1.29, 1.82) is 0 Å². The van der Waals surface area contributed by atoms with Crippen molar-refractivity contribution in [3.8, 4) is 17.2 Å². The fourth-order valence-electron chi connectivity index (χ4n) is 2.72. The van der Waals surface area contributed by atoms with E-state index >= 15 is 0 Å². The number of ether oxygens (including phenoxy) is 3. The van der Waals surface area contributed by atoms with Crippen LogP contribution >= 0.6 is 24.0 Å². The molecule has 0 aliphatic heterocycles. The predicted molar refractivity (Wildman–Crippen MR) is 129 cm³/mol. The summed E-state index contributed by atoms with van der Waals surface area (Å²) in [6.45, 7) is 9.18. The van der Waals surface area contributed by atoms with E-state index in [9.17, 15) is 0 Å². The highest BCUT2D eigenvalue weighted by Gasteiger charge is 2.07. The van der Waals surface area contributed by atoms with E-state index in [1.54, 1.807) is 7.11 Å². The maximum atomic E-state index is 5.69. The number of methoxy groups -OCH3 is 1. The van der Waals surface area contributed by atoms with Crippen molar-refractivity contribution in [2.75, 3.05) is 26.9 Å². The van der Waals surface area contributed by atoms with Gasteiger partial charge in [0, 0.05) is 18.7 Å². The Morgan fingerprint density at radius 2 is 1.62 bits per heavy atom. The molecule has 7 heteroatoms. The van der Waals surface area contributed by atoms with Crippen molar-refractivity contribution in [2.45, 2.75) is 33.9 Å². The molecule has 0 bridgehead atoms. The first-order chi connectivity index (χ1) is 13.7. The first kappa shape index (κ1) is 24.9. The number of aliphatic imine (C=N–C) groups is 1. The molecule has 160 valence electrons. The van der Waals surface area contributed by atoms with Crippen LogP contribution in [0.25, 0.3) is 0 Å². The summed E-state index contributed by atoms with van der Waals surface area (Å²) in [6.07, 6.45) is 0. The van der Waals surface area contributed by atoms with E-state index in [0.29, 0.717) is 26.3 Å². The molecule has 2 N–H and O–H groups in total. The number of hydrogen-bond acceptors (Lipinski definition) is 4. The highest BCUT2D eigenvalue weighted by atomic mass is 127. The summed E-state index contributed by atoms with van der Waals surface area (Å²) >= 11 is 0. The summed E-state index contributed by atoms with van der Waals surface area (Å²) in [5.74, 6) is 3.11. The molecule has 0 unspecified atom stereocenters. The van der Waals surface area contributed by atoms with Crippen molar-refractivity contribution < 1.29 is 14.2 Å². The van der Waals surface area contributed by atoms with Crippen LogP contribution in [0.15, 0.2) is 47.5 Å². The summed E-state index contributed by atoms with van der Waals surface area (Å²) in [5, 5.41) is 6.65. The van der Waals surface area contributed by atoms with Crippen LogP contribution in [0.1, 0.15) is 31.9 Å². The average Bonchev–Trinajstić information content (AvgIpc) is 2.72. The standard InChI is InChI=1S/C22H31N3O3.HI/c1-5-23-22(25-16-18-10-8-9-11-19(18)27-6-2)24-15-17-12-13-20(28-7-3)21(14-17)26-4;/h8-14H,5-7,15-16H2,1-4H3,(H2,23,24,25);1H. The molecule has 0 fully saturated rings. The zero-order valence-corrected chi connectivity index (χ0v) is 20.0. The number of benzene rings is 2. The maximum Gasteiger partial charge on any atom is 0.191 e. The number of nitrogens with zero attached hydrogens (tertiary/aromatic N) is 1. The smallest absolute Gasteiger partial charge is 0.191 e. The van der Waals surface area contributed by atoms with Crippen LogP contribution in [0, 0.1) is 0 Å². The Hall–Kier alpha value is -2.16. The quantitative estimate of drug-likeness (QED) is 0.281. The van der Waals surface area contributed by atoms with Crippen LogP contribution in [0.5, 0.6) is 17.2 Å². The van der Waals surface area contributed by atoms with Gasteiger partial charge >= 0.3 is 0 Å². The van der Waals surface area contributed by atoms with Gasteiger partial charge in [-0.05, 0) is 44.5 Å². The molecule has 2 aromatic carbocycles. The average molecular weight is 513 g/mol. The fraction of sp³-hybridized carbons (Fsp3) is 0.409. The van der Waals surface area contributed by atoms with E-state index in [4.69, 9.17) is 14.2 Å². The normalized spacial score (nSPS) is 10.7. The summed E-state index contributed by atoms with van der Waals surface area (Å²) in [5.41, 5.74) is 2.14. The summed E-state index contributed by atoms with van der Waals surface area (Å²) in [6, 6.07) is 13.9. The Morgan fingerprint density at radius 1 is 0.897 bits per heavy atom. The summed E-state index contributed by atoms with van der Waals surface area (Å²) in [4.78, 5) is 4.68. The van der Waals surface area contributed by atoms with Gasteiger partial charge in [0.25, 0.3) is 0 Å². The van der Waals surface area contributed by atoms with Crippen LogP contribution in [-0.2, 0) is 13.1 Å². The van der Waals surface area contributed by atoms with Crippen LogP contribution < -0.4 is 24.8 Å². The van der Waals surface area contributed by atoms with Gasteiger partial charge in [-0.15, -0.1) is 24.0 Å². The highest BCUT2D eigenvalue weighted by molar-refractivity contribution is 14.0. The Balaban J connectivity index is 0.00000420. The molecular formula is C22H32IN3O3. The number of guanidine groups is 1. The van der Waals surface area contributed by atoms with Crippen molar-refractivity contribution >= 4 is 29.9 Å². The Bertz CT molecular complexity index is 769. The van der Waals surface area contributed by atoms with Gasteiger partial charge in [-0.3, -0.25) is 0 Å². The molecule has 29 heavy (non-hydrogen) atoms. The third-order valence-corrected chi connectivity index (χ3v) is 4.01. The molecule has 0 spiro atoms. The molecule has 2 aromatic rings. The minimum Gasteiger partial charge on any atom is -0.494 e. The molecule has 0 saturated heterocycles. The zero-order valence-electron chi connectivity index (χ0n) is 17.7. The second-order valence-corrected chi connectivity index (χ2v) is 6.01. The molecule has 0 aliphatic carbocycles. The lowest BCUT2D eigenvalue weighted by molar-refractivity contribution is 0.310. The largest absolute Gasteiger partial charge is 0.494 e. The van der Waals surface area contributed by atoms with Crippen molar-refractivity contribution in [3.05, 3.63) is 53.6 Å². The molecule has 0 radical (unpaired) electrons. The third-order valence-electron chi connectivity index (χ3n) is 4.01. The first-order valence-electron chi connectivity index (χ1n) is 9.74. The third kappa shape index (κ3) is 8.00. The van der Waals surface area contributed by atoms with Crippen molar-refractivity contribution in [2.24, 2.45) is 4.99 Å². The van der Waals surface area contributed by atoms with E-state index in [2.05, 4.69) is 21.7 Å². The van der Waals surface area contributed by atoms with Crippen LogP contribution in [0.2, 0.25) is 0 Å². The number of halogens is 1. The van der Waals surface area contributed by atoms with Gasteiger partial charge in [0.15, 0.2) is 17.5 Å². The van der Waals surface area contributed by atoms with Crippen LogP contribution in [0.3, 0.4) is 0 Å². The molecule has 0 heterocycles. The van der Waals surface area contributed by atoms with Crippen molar-refractivity contribution in [3.63, 3.8) is 0 Å². The number of para-hydroxylation sites is 1. The zero-order chi connectivity index (χ0) is 20.2. The van der Waals surface area contributed by atoms with Gasteiger partial charge in [-0.25, -0.2) is 4.99 Å². The van der Waals surface area contributed by atoms with Gasteiger partial charge in [0.05, 0.1) is 26.9 Å². The van der Waals surface area contributed by atoms with E-state index in [0.717, 1.165) is 40.9 Å². The van der Waals surface area contributed by atoms with Gasteiger partial charge in [-0.1, -0.05) is 24.3 Å². The molecule has 2 rings (SSSR count). The summed E-state index contributed by atoms with van der Waals surface area (Å²) in [7, 11) is 1.65. The van der Waals surface area contributed by atoms with Gasteiger partial charge in [0.2, 0.25) is 0 Å². The number of rotatable bonds is 10. The van der Waals surface area contributed by atoms with Crippen LogP contribution in [0.4, 0.5) is 0 Å². The Kier molecular flexibility index (Phi) is 11.9. The predicted octanol–water partition coefficient (Wildman–Crippen LogP) is 4.37. The van der Waals surface area contributed by atoms with Gasteiger partial charge in [0.1, 0.15) is 5.75 Å². The SMILES string of the molecule is CCNC(=NCc1ccc(OCC)c(OC)c1)NCc1ccccc1OCC.I. The lowest BCUT2D eigenvalue weighted by Crippen LogP contribution is -2.36. The van der Waals surface area contributed by atoms with Crippen molar-refractivity contribution in [1.82, 2.24) is 10.6 Å². The van der Waals surface area contributed by atoms with E-state index in [1.807, 2.05) is 57.2 Å². The molecule has 0 amide bonds. The Morgan fingerprint density at radius 3 is 2.31 bits per heavy atom. The van der Waals surface area contributed by atoms with E-state index in [-0.39, 0.29) is 24.0 Å². The second-order valence-electron chi connectivity index (χ2n) is 6.01. The number of hydrogen-bond donors (Lipinski definition) is 2. The fourth-order valence-corrected chi connectivity index (χ4v) is 2.72. The van der Waals surface area contributed by atoms with Gasteiger partial charge < -0.3 is 24.8 Å². The summed E-state index contributed by atoms with van der Waals surface area (Å²) < 4.78 is 16.7. The maximum absolute atomic E-state index is 5.69. The topological polar surface area (TPSA) is 64.1 Å². The molecule has 6 nitrogen and oxygen atoms in total. The molecular weight excluding hydrogens is 481 g/mol. The molecule has 0 saturated carbocycles. The monoisotopic (exact) mass is 513 g/mol. The minimum atomic E-state index is 0. The Labute approximate surface area is 191 Å². The van der Waals surface area contributed by atoms with Gasteiger partial charge in [-0.2, -0.15) is 0 Å². The molecule has 0 aromatic heterocycles.